The maximum atomic E-state index is 13.8. The zero-order chi connectivity index (χ0) is 37.5. The molecule has 2 saturated heterocycles. The number of hydrogen-bond acceptors (Lipinski definition) is 8. The van der Waals surface area contributed by atoms with E-state index in [4.69, 9.17) is 21.7 Å². The molecule has 2 aromatic rings. The number of aryl methyl sites for hydroxylation is 1. The second-order valence-corrected chi connectivity index (χ2v) is 15.4. The van der Waals surface area contributed by atoms with Crippen LogP contribution in [0.25, 0.3) is 0 Å². The summed E-state index contributed by atoms with van der Waals surface area (Å²) in [6.07, 6.45) is -4.79. The molecular weight excluding hydrogens is 667 g/mol. The molecule has 13 heteroatoms. The molecule has 50 heavy (non-hydrogen) atoms. The second-order valence-electron chi connectivity index (χ2n) is 15.1. The number of carbonyl (C=O) groups excluding carboxylic acids is 2. The molecule has 2 fully saturated rings. The molecule has 0 spiro atoms. The fraction of sp³-hybridized carbons (Fsp3) is 0.568. The molecule has 0 radical (unpaired) electrons. The predicted molar refractivity (Wildman–Crippen MR) is 191 cm³/mol. The number of alkyl halides is 3. The van der Waals surface area contributed by atoms with Crippen molar-refractivity contribution < 1.29 is 32.2 Å². The third kappa shape index (κ3) is 8.24. The van der Waals surface area contributed by atoms with Crippen LogP contribution in [0, 0.1) is 18.3 Å². The van der Waals surface area contributed by atoms with E-state index in [1.165, 1.54) is 6.07 Å². The molecule has 0 saturated carbocycles. The third-order valence-electron chi connectivity index (χ3n) is 9.12. The Morgan fingerprint density at radius 3 is 2.26 bits per heavy atom. The maximum Gasteiger partial charge on any atom is 0.417 e. The van der Waals surface area contributed by atoms with Crippen LogP contribution >= 0.6 is 12.2 Å². The molecule has 0 N–H and O–H groups in total. The van der Waals surface area contributed by atoms with E-state index in [2.05, 4.69) is 23.6 Å². The lowest BCUT2D eigenvalue weighted by Gasteiger charge is -2.44. The normalized spacial score (nSPS) is 20.4. The number of carbonyl (C=O) groups is 2. The zero-order valence-electron chi connectivity index (χ0n) is 30.6. The van der Waals surface area contributed by atoms with Crippen LogP contribution in [0.2, 0.25) is 0 Å². The summed E-state index contributed by atoms with van der Waals surface area (Å²) in [5.74, 6) is 0.0347. The molecule has 2 atom stereocenters. The minimum absolute atomic E-state index is 0.0401. The average Bonchev–Trinajstić information content (AvgIpc) is 3.16. The maximum absolute atomic E-state index is 13.8. The van der Waals surface area contributed by atoms with Gasteiger partial charge in [0.2, 0.25) is 0 Å². The van der Waals surface area contributed by atoms with E-state index in [1.54, 1.807) is 24.8 Å². The number of thiocarbonyl (C=S) groups is 1. The Hall–Kier alpha value is -3.73. The number of anilines is 2. The smallest absolute Gasteiger partial charge is 0.417 e. The fourth-order valence-corrected chi connectivity index (χ4v) is 7.22. The number of amides is 1. The number of piperazine rings is 1. The van der Waals surface area contributed by atoms with Crippen molar-refractivity contribution in [3.05, 3.63) is 52.6 Å². The minimum Gasteiger partial charge on any atom is -0.492 e. The third-order valence-corrected chi connectivity index (χ3v) is 9.49. The Morgan fingerprint density at radius 1 is 1.10 bits per heavy atom. The molecule has 0 aromatic heterocycles. The summed E-state index contributed by atoms with van der Waals surface area (Å²) in [5.41, 5.74) is -1.14. The van der Waals surface area contributed by atoms with E-state index >= 15 is 0 Å². The highest BCUT2D eigenvalue weighted by Gasteiger charge is 2.51. The van der Waals surface area contributed by atoms with Gasteiger partial charge in [-0.2, -0.15) is 18.4 Å². The van der Waals surface area contributed by atoms with Gasteiger partial charge in [0.25, 0.3) is 5.91 Å². The summed E-state index contributed by atoms with van der Waals surface area (Å²) in [6, 6.07) is 8.91. The summed E-state index contributed by atoms with van der Waals surface area (Å²) in [5, 5.41) is 9.29. The molecule has 2 aromatic carbocycles. The zero-order valence-corrected chi connectivity index (χ0v) is 31.4. The molecule has 0 unspecified atom stereocenters. The first-order valence-corrected chi connectivity index (χ1v) is 17.2. The molecule has 2 heterocycles. The average molecular weight is 716 g/mol. The largest absolute Gasteiger partial charge is 0.492 e. The first-order valence-electron chi connectivity index (χ1n) is 16.8. The summed E-state index contributed by atoms with van der Waals surface area (Å²) in [7, 11) is 0. The number of nitrogens with zero attached hydrogens (tertiary/aromatic N) is 5. The van der Waals surface area contributed by atoms with Crippen molar-refractivity contribution in [1.82, 2.24) is 9.80 Å². The van der Waals surface area contributed by atoms with Gasteiger partial charge < -0.3 is 14.4 Å². The van der Waals surface area contributed by atoms with E-state index in [0.29, 0.717) is 24.6 Å². The SMILES string of the molecule is Cc1cc(OCCN2C[C@@H](C)N(CC(=O)OC(C)(C)C)[C@@H](C)C2)c(C(C)C)cc1N1C(=S)N(c2ccc(C#N)c(C(F)(F)F)c2)C(=O)C1(C)C. The highest BCUT2D eigenvalue weighted by Crippen LogP contribution is 2.43. The van der Waals surface area contributed by atoms with Gasteiger partial charge in [-0.1, -0.05) is 13.8 Å². The highest BCUT2D eigenvalue weighted by atomic mass is 32.1. The quantitative estimate of drug-likeness (QED) is 0.200. The van der Waals surface area contributed by atoms with E-state index in [9.17, 15) is 28.0 Å². The first kappa shape index (κ1) is 39.1. The van der Waals surface area contributed by atoms with E-state index in [0.717, 1.165) is 41.2 Å². The first-order chi connectivity index (χ1) is 23.1. The van der Waals surface area contributed by atoms with Crippen LogP contribution < -0.4 is 14.5 Å². The Kier molecular flexibility index (Phi) is 11.3. The van der Waals surface area contributed by atoms with Gasteiger partial charge in [-0.25, -0.2) is 0 Å². The van der Waals surface area contributed by atoms with Crippen molar-refractivity contribution in [3.8, 4) is 11.8 Å². The van der Waals surface area contributed by atoms with Crippen molar-refractivity contribution in [2.75, 3.05) is 42.6 Å². The van der Waals surface area contributed by atoms with Gasteiger partial charge in [0, 0.05) is 37.4 Å². The van der Waals surface area contributed by atoms with Crippen LogP contribution in [-0.4, -0.2) is 82.8 Å². The van der Waals surface area contributed by atoms with Gasteiger partial charge >= 0.3 is 12.1 Å². The number of esters is 1. The van der Waals surface area contributed by atoms with Crippen molar-refractivity contribution in [2.24, 2.45) is 0 Å². The van der Waals surface area contributed by atoms with E-state index in [1.807, 2.05) is 53.7 Å². The van der Waals surface area contributed by atoms with Crippen LogP contribution in [-0.2, 0) is 20.5 Å². The topological polar surface area (TPSA) is 89.3 Å². The number of benzene rings is 2. The summed E-state index contributed by atoms with van der Waals surface area (Å²) >= 11 is 5.79. The lowest BCUT2D eigenvalue weighted by Crippen LogP contribution is -2.58. The molecule has 0 aliphatic carbocycles. The molecular formula is C37H48F3N5O4S. The molecule has 0 bridgehead atoms. The van der Waals surface area contributed by atoms with Gasteiger partial charge in [-0.15, -0.1) is 0 Å². The monoisotopic (exact) mass is 715 g/mol. The van der Waals surface area contributed by atoms with E-state index in [-0.39, 0.29) is 41.3 Å². The summed E-state index contributed by atoms with van der Waals surface area (Å²) < 4.78 is 53.3. The Balaban J connectivity index is 1.52. The van der Waals surface area contributed by atoms with Crippen molar-refractivity contribution >= 4 is 40.6 Å². The number of rotatable bonds is 9. The molecule has 9 nitrogen and oxygen atoms in total. The number of halogens is 3. The van der Waals surface area contributed by atoms with Crippen molar-refractivity contribution in [1.29, 1.82) is 5.26 Å². The lowest BCUT2D eigenvalue weighted by atomic mass is 9.96. The second kappa shape index (κ2) is 14.5. The van der Waals surface area contributed by atoms with Gasteiger partial charge in [0.05, 0.1) is 29.4 Å². The Labute approximate surface area is 298 Å². The van der Waals surface area contributed by atoms with Crippen molar-refractivity contribution in [3.63, 3.8) is 0 Å². The van der Waals surface area contributed by atoms with Gasteiger partial charge in [0.15, 0.2) is 5.11 Å². The molecule has 272 valence electrons. The van der Waals surface area contributed by atoms with Crippen molar-refractivity contribution in [2.45, 2.75) is 105 Å². The fourth-order valence-electron chi connectivity index (χ4n) is 6.70. The number of ether oxygens (including phenoxy) is 2. The Bertz CT molecular complexity index is 1670. The van der Waals surface area contributed by atoms with Crippen LogP contribution in [0.4, 0.5) is 24.5 Å². The van der Waals surface area contributed by atoms with Gasteiger partial charge in [-0.3, -0.25) is 24.3 Å². The molecule has 2 aliphatic rings. The standard InChI is InChI=1S/C37H48F3N5O4S/c1-22(2)28-17-30(45-34(50)44(33(47)36(45,9)10)27-12-11-26(18-41)29(16-27)37(38,39)40)23(3)15-31(28)48-14-13-42-19-24(4)43(25(5)20-42)21-32(46)49-35(6,7)8/h11-12,15-17,22,24-25H,13-14,19-21H2,1-10H3/t24-,25+. The summed E-state index contributed by atoms with van der Waals surface area (Å²) in [6.45, 7) is 22.1. The lowest BCUT2D eigenvalue weighted by molar-refractivity contribution is -0.158. The van der Waals surface area contributed by atoms with Gasteiger partial charge in [-0.05, 0) is 115 Å². The van der Waals surface area contributed by atoms with Crippen LogP contribution in [0.5, 0.6) is 5.75 Å². The number of hydrogen-bond donors (Lipinski definition) is 0. The van der Waals surface area contributed by atoms with Crippen LogP contribution in [0.15, 0.2) is 30.3 Å². The molecule has 4 rings (SSSR count). The molecule has 1 amide bonds. The van der Waals surface area contributed by atoms with E-state index < -0.39 is 34.4 Å². The Morgan fingerprint density at radius 2 is 1.72 bits per heavy atom. The summed E-state index contributed by atoms with van der Waals surface area (Å²) in [4.78, 5) is 33.6. The van der Waals surface area contributed by atoms with Gasteiger partial charge in [0.1, 0.15) is 23.5 Å². The number of nitriles is 1. The predicted octanol–water partition coefficient (Wildman–Crippen LogP) is 7.04. The highest BCUT2D eigenvalue weighted by molar-refractivity contribution is 7.81. The molecule has 2 aliphatic heterocycles. The van der Waals surface area contributed by atoms with Crippen LogP contribution in [0.3, 0.4) is 0 Å². The minimum atomic E-state index is -4.79. The van der Waals surface area contributed by atoms with Crippen LogP contribution in [0.1, 0.15) is 90.5 Å².